The fraction of sp³-hybridized carbons (Fsp3) is 0.667. The maximum atomic E-state index is 11.6. The van der Waals surface area contributed by atoms with Crippen LogP contribution < -0.4 is 10.6 Å². The third-order valence-electron chi connectivity index (χ3n) is 2.55. The van der Waals surface area contributed by atoms with E-state index in [4.69, 9.17) is 11.5 Å². The van der Waals surface area contributed by atoms with E-state index < -0.39 is 23.6 Å². The number of terminal acetylenes is 1. The molecule has 0 bridgehead atoms. The Hall–Kier alpha value is -1.70. The van der Waals surface area contributed by atoms with Crippen molar-refractivity contribution in [2.45, 2.75) is 45.7 Å². The Labute approximate surface area is 102 Å². The van der Waals surface area contributed by atoms with Crippen LogP contribution in [0.5, 0.6) is 0 Å². The van der Waals surface area contributed by atoms with Crippen molar-refractivity contribution in [2.24, 2.45) is 5.92 Å². The van der Waals surface area contributed by atoms with Gasteiger partial charge in [0.15, 0.2) is 0 Å². The van der Waals surface area contributed by atoms with Crippen molar-refractivity contribution >= 4 is 12.0 Å². The molecule has 5 heteroatoms. The average Bonchev–Trinajstić information content (AvgIpc) is 2.24. The first-order valence-electron chi connectivity index (χ1n) is 5.52. The minimum absolute atomic E-state index is 0.146. The minimum Gasteiger partial charge on any atom is -0.480 e. The van der Waals surface area contributed by atoms with Gasteiger partial charge in [0.25, 0.3) is 0 Å². The average molecular weight is 240 g/mol. The minimum atomic E-state index is -1.05. The molecule has 0 radical (unpaired) electrons. The number of hydrogen-bond donors (Lipinski definition) is 3. The van der Waals surface area contributed by atoms with Gasteiger partial charge in [-0.2, -0.15) is 0 Å². The van der Waals surface area contributed by atoms with Gasteiger partial charge in [-0.15, -0.1) is 6.42 Å². The summed E-state index contributed by atoms with van der Waals surface area (Å²) in [5.41, 5.74) is -0.803. The maximum Gasteiger partial charge on any atom is 0.326 e. The standard InChI is InChI=1S/C12H20N2O3/c1-6-8(3)9(10(15)16)13-11(17)14-12(4,5)7-2/h2,8-9H,6H2,1,3-5H3,(H,15,16)(H2,13,14,17)/t8-,9-/m0/s1. The molecule has 0 aliphatic rings. The summed E-state index contributed by atoms with van der Waals surface area (Å²) in [6, 6.07) is -1.48. The molecule has 0 aliphatic carbocycles. The topological polar surface area (TPSA) is 78.4 Å². The van der Waals surface area contributed by atoms with Gasteiger partial charge >= 0.3 is 12.0 Å². The second kappa shape index (κ2) is 6.14. The van der Waals surface area contributed by atoms with Crippen LogP contribution in [0.1, 0.15) is 34.1 Å². The molecule has 17 heavy (non-hydrogen) atoms. The largest absolute Gasteiger partial charge is 0.480 e. The van der Waals surface area contributed by atoms with Crippen molar-refractivity contribution in [3.63, 3.8) is 0 Å². The summed E-state index contributed by atoms with van der Waals surface area (Å²) in [5, 5.41) is 13.9. The molecule has 96 valence electrons. The predicted octanol–water partition coefficient (Wildman–Crippen LogP) is 1.20. The lowest BCUT2D eigenvalue weighted by molar-refractivity contribution is -0.140. The molecule has 0 fully saturated rings. The molecular weight excluding hydrogens is 220 g/mol. The van der Waals surface area contributed by atoms with E-state index in [0.29, 0.717) is 6.42 Å². The van der Waals surface area contributed by atoms with Crippen molar-refractivity contribution in [1.82, 2.24) is 10.6 Å². The van der Waals surface area contributed by atoms with E-state index in [1.807, 2.05) is 6.92 Å². The Balaban J connectivity index is 4.54. The van der Waals surface area contributed by atoms with E-state index in [2.05, 4.69) is 16.6 Å². The lowest BCUT2D eigenvalue weighted by Gasteiger charge is -2.24. The van der Waals surface area contributed by atoms with Crippen LogP contribution in [-0.4, -0.2) is 28.7 Å². The molecule has 0 unspecified atom stereocenters. The Morgan fingerprint density at radius 1 is 1.47 bits per heavy atom. The van der Waals surface area contributed by atoms with Gasteiger partial charge in [0.05, 0.1) is 5.54 Å². The third-order valence-corrected chi connectivity index (χ3v) is 2.55. The van der Waals surface area contributed by atoms with Crippen LogP contribution in [0.15, 0.2) is 0 Å². The van der Waals surface area contributed by atoms with E-state index in [9.17, 15) is 9.59 Å². The molecular formula is C12H20N2O3. The molecule has 2 amide bonds. The monoisotopic (exact) mass is 240 g/mol. The molecule has 2 atom stereocenters. The summed E-state index contributed by atoms with van der Waals surface area (Å²) >= 11 is 0. The van der Waals surface area contributed by atoms with Gasteiger partial charge in [-0.3, -0.25) is 0 Å². The van der Waals surface area contributed by atoms with Crippen LogP contribution >= 0.6 is 0 Å². The highest BCUT2D eigenvalue weighted by Gasteiger charge is 2.27. The van der Waals surface area contributed by atoms with Crippen LogP contribution in [0.2, 0.25) is 0 Å². The number of aliphatic carboxylic acids is 1. The first-order chi connectivity index (χ1) is 7.73. The lowest BCUT2D eigenvalue weighted by Crippen LogP contribution is -2.53. The highest BCUT2D eigenvalue weighted by atomic mass is 16.4. The Morgan fingerprint density at radius 3 is 2.35 bits per heavy atom. The zero-order chi connectivity index (χ0) is 13.6. The van der Waals surface area contributed by atoms with Crippen molar-refractivity contribution in [1.29, 1.82) is 0 Å². The molecule has 3 N–H and O–H groups in total. The van der Waals surface area contributed by atoms with Gasteiger partial charge in [-0.25, -0.2) is 9.59 Å². The molecule has 5 nitrogen and oxygen atoms in total. The Morgan fingerprint density at radius 2 is 2.00 bits per heavy atom. The SMILES string of the molecule is C#CC(C)(C)NC(=O)N[C@H](C(=O)O)[C@@H](C)CC. The van der Waals surface area contributed by atoms with Crippen molar-refractivity contribution in [2.75, 3.05) is 0 Å². The smallest absolute Gasteiger partial charge is 0.326 e. The number of carboxylic acids is 1. The number of amides is 2. The van der Waals surface area contributed by atoms with Crippen LogP contribution in [-0.2, 0) is 4.79 Å². The zero-order valence-electron chi connectivity index (χ0n) is 10.7. The van der Waals surface area contributed by atoms with E-state index in [0.717, 1.165) is 0 Å². The number of urea groups is 1. The Kier molecular flexibility index (Phi) is 5.52. The molecule has 0 heterocycles. The van der Waals surface area contributed by atoms with Crippen LogP contribution in [0.4, 0.5) is 4.79 Å². The molecule has 0 spiro atoms. The van der Waals surface area contributed by atoms with Gasteiger partial charge in [-0.05, 0) is 19.8 Å². The van der Waals surface area contributed by atoms with E-state index in [1.54, 1.807) is 20.8 Å². The summed E-state index contributed by atoms with van der Waals surface area (Å²) in [5.74, 6) is 1.20. The molecule has 0 aromatic carbocycles. The third kappa shape index (κ3) is 5.25. The molecule has 0 rings (SSSR count). The molecule has 0 saturated heterocycles. The van der Waals surface area contributed by atoms with E-state index >= 15 is 0 Å². The quantitative estimate of drug-likeness (QED) is 0.632. The summed E-state index contributed by atoms with van der Waals surface area (Å²) in [4.78, 5) is 22.6. The predicted molar refractivity (Wildman–Crippen MR) is 65.5 cm³/mol. The fourth-order valence-electron chi connectivity index (χ4n) is 1.18. The Bertz CT molecular complexity index is 331. The van der Waals surface area contributed by atoms with Crippen molar-refractivity contribution in [3.05, 3.63) is 0 Å². The van der Waals surface area contributed by atoms with Crippen molar-refractivity contribution in [3.8, 4) is 12.3 Å². The number of carbonyl (C=O) groups is 2. The van der Waals surface area contributed by atoms with Crippen LogP contribution in [0.3, 0.4) is 0 Å². The number of hydrogen-bond acceptors (Lipinski definition) is 2. The number of rotatable bonds is 5. The second-order valence-electron chi connectivity index (χ2n) is 4.57. The number of carboxylic acid groups (broad SMARTS) is 1. The van der Waals surface area contributed by atoms with E-state index in [-0.39, 0.29) is 5.92 Å². The molecule has 0 aliphatic heterocycles. The van der Waals surface area contributed by atoms with E-state index in [1.165, 1.54) is 0 Å². The number of carbonyl (C=O) groups excluding carboxylic acids is 1. The normalized spacial score (nSPS) is 14.3. The van der Waals surface area contributed by atoms with Gasteiger partial charge in [0.2, 0.25) is 0 Å². The summed E-state index contributed by atoms with van der Waals surface area (Å²) in [6.07, 6.45) is 5.88. The molecule has 0 aromatic heterocycles. The summed E-state index contributed by atoms with van der Waals surface area (Å²) in [6.45, 7) is 6.95. The fourth-order valence-corrected chi connectivity index (χ4v) is 1.18. The maximum absolute atomic E-state index is 11.6. The second-order valence-corrected chi connectivity index (χ2v) is 4.57. The summed E-state index contributed by atoms with van der Waals surface area (Å²) in [7, 11) is 0. The first kappa shape index (κ1) is 15.3. The first-order valence-corrected chi connectivity index (χ1v) is 5.52. The molecule has 0 saturated carbocycles. The number of nitrogens with one attached hydrogen (secondary N) is 2. The van der Waals surface area contributed by atoms with Gasteiger partial charge < -0.3 is 15.7 Å². The van der Waals surface area contributed by atoms with Gasteiger partial charge in [0.1, 0.15) is 6.04 Å². The lowest BCUT2D eigenvalue weighted by atomic mass is 9.99. The van der Waals surface area contributed by atoms with Gasteiger partial charge in [-0.1, -0.05) is 26.2 Å². The highest BCUT2D eigenvalue weighted by molar-refractivity contribution is 5.83. The van der Waals surface area contributed by atoms with Gasteiger partial charge in [0, 0.05) is 0 Å². The zero-order valence-corrected chi connectivity index (χ0v) is 10.7. The highest BCUT2D eigenvalue weighted by Crippen LogP contribution is 2.08. The summed E-state index contributed by atoms with van der Waals surface area (Å²) < 4.78 is 0. The van der Waals surface area contributed by atoms with Crippen LogP contribution in [0.25, 0.3) is 0 Å². The van der Waals surface area contributed by atoms with Crippen LogP contribution in [0, 0.1) is 18.3 Å². The molecule has 0 aromatic rings. The van der Waals surface area contributed by atoms with Crippen molar-refractivity contribution < 1.29 is 14.7 Å².